The molecule has 2 heterocycles. The summed E-state index contributed by atoms with van der Waals surface area (Å²) in [5, 5.41) is 17.9. The lowest BCUT2D eigenvalue weighted by Gasteiger charge is -2.08. The Morgan fingerprint density at radius 2 is 1.52 bits per heavy atom. The van der Waals surface area contributed by atoms with E-state index in [-0.39, 0.29) is 12.7 Å². The lowest BCUT2D eigenvalue weighted by Crippen LogP contribution is -2.06. The first-order valence-electron chi connectivity index (χ1n) is 8.36. The molecule has 2 aliphatic rings. The third-order valence-electron chi connectivity index (χ3n) is 3.50. The van der Waals surface area contributed by atoms with E-state index in [1.54, 1.807) is 0 Å². The van der Waals surface area contributed by atoms with Crippen LogP contribution in [0, 0.1) is 0 Å². The molecule has 3 atom stereocenters. The van der Waals surface area contributed by atoms with Gasteiger partial charge in [-0.25, -0.2) is 0 Å². The van der Waals surface area contributed by atoms with E-state index < -0.39 is 0 Å². The number of aliphatic hydroxyl groups excluding tert-OH is 2. The zero-order chi connectivity index (χ0) is 15.3. The van der Waals surface area contributed by atoms with Crippen molar-refractivity contribution in [2.45, 2.75) is 70.2 Å². The van der Waals surface area contributed by atoms with Gasteiger partial charge in [0.15, 0.2) is 0 Å². The van der Waals surface area contributed by atoms with E-state index in [9.17, 15) is 5.11 Å². The van der Waals surface area contributed by atoms with Crippen molar-refractivity contribution >= 4 is 0 Å². The number of aliphatic hydroxyl groups is 2. The maximum atomic E-state index is 9.42. The van der Waals surface area contributed by atoms with Crippen molar-refractivity contribution in [1.29, 1.82) is 0 Å². The Balaban J connectivity index is 0.000000216. The van der Waals surface area contributed by atoms with Crippen LogP contribution in [0.5, 0.6) is 0 Å². The SMILES string of the molecule is C(OCC1CO1)C1CO1.CCCCCC(O)CCCCO. The van der Waals surface area contributed by atoms with Crippen molar-refractivity contribution in [2.75, 3.05) is 33.0 Å². The predicted molar refractivity (Wildman–Crippen MR) is 81.4 cm³/mol. The molecule has 3 unspecified atom stereocenters. The highest BCUT2D eigenvalue weighted by Gasteiger charge is 2.26. The molecule has 21 heavy (non-hydrogen) atoms. The molecule has 0 bridgehead atoms. The highest BCUT2D eigenvalue weighted by atomic mass is 16.6. The van der Waals surface area contributed by atoms with Crippen LogP contribution in [0.15, 0.2) is 0 Å². The highest BCUT2D eigenvalue weighted by molar-refractivity contribution is 4.71. The first kappa shape index (κ1) is 18.8. The van der Waals surface area contributed by atoms with Crippen LogP contribution in [-0.2, 0) is 14.2 Å². The van der Waals surface area contributed by atoms with Crippen molar-refractivity contribution in [1.82, 2.24) is 0 Å². The second kappa shape index (κ2) is 12.4. The Bertz CT molecular complexity index is 207. The van der Waals surface area contributed by atoms with E-state index in [0.717, 1.165) is 58.5 Å². The average molecular weight is 304 g/mol. The van der Waals surface area contributed by atoms with Gasteiger partial charge in [0, 0.05) is 6.61 Å². The van der Waals surface area contributed by atoms with E-state index >= 15 is 0 Å². The smallest absolute Gasteiger partial charge is 0.104 e. The Hall–Kier alpha value is -0.200. The number of rotatable bonds is 12. The van der Waals surface area contributed by atoms with Gasteiger partial charge in [0.05, 0.1) is 32.5 Å². The number of hydrogen-bond donors (Lipinski definition) is 2. The topological polar surface area (TPSA) is 74.8 Å². The van der Waals surface area contributed by atoms with Gasteiger partial charge in [-0.05, 0) is 25.7 Å². The molecule has 0 spiro atoms. The first-order valence-corrected chi connectivity index (χ1v) is 8.36. The molecule has 5 nitrogen and oxygen atoms in total. The third-order valence-corrected chi connectivity index (χ3v) is 3.50. The molecular weight excluding hydrogens is 272 g/mol. The summed E-state index contributed by atoms with van der Waals surface area (Å²) in [4.78, 5) is 0. The fourth-order valence-corrected chi connectivity index (χ4v) is 1.93. The van der Waals surface area contributed by atoms with E-state index in [1.807, 2.05) is 0 Å². The maximum absolute atomic E-state index is 9.42. The van der Waals surface area contributed by atoms with Gasteiger partial charge < -0.3 is 24.4 Å². The molecule has 2 fully saturated rings. The summed E-state index contributed by atoms with van der Waals surface area (Å²) >= 11 is 0. The number of epoxide rings is 2. The summed E-state index contributed by atoms with van der Waals surface area (Å²) in [5.41, 5.74) is 0. The molecule has 2 N–H and O–H groups in total. The van der Waals surface area contributed by atoms with Crippen LogP contribution in [-0.4, -0.2) is 61.6 Å². The molecule has 0 amide bonds. The van der Waals surface area contributed by atoms with Crippen LogP contribution in [0.2, 0.25) is 0 Å². The minimum Gasteiger partial charge on any atom is -0.396 e. The predicted octanol–water partition coefficient (Wildman–Crippen LogP) is 1.89. The van der Waals surface area contributed by atoms with Gasteiger partial charge in [0.1, 0.15) is 12.2 Å². The van der Waals surface area contributed by atoms with Crippen LogP contribution >= 0.6 is 0 Å². The van der Waals surface area contributed by atoms with Crippen molar-refractivity contribution in [3.8, 4) is 0 Å². The minimum absolute atomic E-state index is 0.136. The summed E-state index contributed by atoms with van der Waals surface area (Å²) in [7, 11) is 0. The Labute approximate surface area is 128 Å². The van der Waals surface area contributed by atoms with Crippen molar-refractivity contribution in [3.63, 3.8) is 0 Å². The van der Waals surface area contributed by atoms with Crippen LogP contribution in [0.25, 0.3) is 0 Å². The molecule has 0 aliphatic carbocycles. The lowest BCUT2D eigenvalue weighted by atomic mass is 10.1. The normalized spacial score (nSPS) is 24.1. The van der Waals surface area contributed by atoms with E-state index in [0.29, 0.717) is 12.2 Å². The van der Waals surface area contributed by atoms with Gasteiger partial charge >= 0.3 is 0 Å². The van der Waals surface area contributed by atoms with Gasteiger partial charge in [-0.1, -0.05) is 26.2 Å². The zero-order valence-electron chi connectivity index (χ0n) is 13.3. The number of ether oxygens (including phenoxy) is 3. The second-order valence-electron chi connectivity index (χ2n) is 5.82. The molecule has 126 valence electrons. The van der Waals surface area contributed by atoms with Gasteiger partial charge in [-0.3, -0.25) is 0 Å². The highest BCUT2D eigenvalue weighted by Crippen LogP contribution is 2.12. The summed E-state index contributed by atoms with van der Waals surface area (Å²) in [6.45, 7) is 5.68. The molecule has 0 aromatic carbocycles. The summed E-state index contributed by atoms with van der Waals surface area (Å²) < 4.78 is 15.1. The fourth-order valence-electron chi connectivity index (χ4n) is 1.93. The van der Waals surface area contributed by atoms with Crippen LogP contribution < -0.4 is 0 Å². The lowest BCUT2D eigenvalue weighted by molar-refractivity contribution is 0.102. The fraction of sp³-hybridized carbons (Fsp3) is 1.00. The van der Waals surface area contributed by atoms with E-state index in [2.05, 4.69) is 6.92 Å². The van der Waals surface area contributed by atoms with E-state index in [4.69, 9.17) is 19.3 Å². The molecule has 0 saturated carbocycles. The molecule has 2 rings (SSSR count). The molecule has 2 saturated heterocycles. The minimum atomic E-state index is -0.136. The molecule has 2 aliphatic heterocycles. The Morgan fingerprint density at radius 3 is 1.95 bits per heavy atom. The Morgan fingerprint density at radius 1 is 1.00 bits per heavy atom. The van der Waals surface area contributed by atoms with Crippen molar-refractivity contribution in [2.24, 2.45) is 0 Å². The maximum Gasteiger partial charge on any atom is 0.104 e. The summed E-state index contributed by atoms with van der Waals surface area (Å²) in [6.07, 6.45) is 7.77. The first-order chi connectivity index (χ1) is 10.3. The van der Waals surface area contributed by atoms with Gasteiger partial charge in [-0.15, -0.1) is 0 Å². The monoisotopic (exact) mass is 304 g/mol. The molecule has 0 radical (unpaired) electrons. The standard InChI is InChI=1S/C10H22O2.C6H10O3/c1-2-3-4-7-10(12)8-5-6-9-11;1(5-3-8-5)7-2-6-4-9-6/h10-12H,2-9H2,1H3;5-6H,1-4H2. The quantitative estimate of drug-likeness (QED) is 0.425. The summed E-state index contributed by atoms with van der Waals surface area (Å²) in [6, 6.07) is 0. The van der Waals surface area contributed by atoms with Crippen molar-refractivity contribution in [3.05, 3.63) is 0 Å². The average Bonchev–Trinajstić information content (AvgIpc) is 3.35. The van der Waals surface area contributed by atoms with Crippen LogP contribution in [0.4, 0.5) is 0 Å². The largest absolute Gasteiger partial charge is 0.396 e. The van der Waals surface area contributed by atoms with Crippen LogP contribution in [0.3, 0.4) is 0 Å². The van der Waals surface area contributed by atoms with Gasteiger partial charge in [-0.2, -0.15) is 0 Å². The van der Waals surface area contributed by atoms with Crippen molar-refractivity contribution < 1.29 is 24.4 Å². The molecule has 5 heteroatoms. The third kappa shape index (κ3) is 13.2. The second-order valence-corrected chi connectivity index (χ2v) is 5.82. The number of hydrogen-bond acceptors (Lipinski definition) is 5. The molecule has 0 aromatic heterocycles. The Kier molecular flexibility index (Phi) is 11.1. The van der Waals surface area contributed by atoms with Gasteiger partial charge in [0.2, 0.25) is 0 Å². The number of unbranched alkanes of at least 4 members (excludes halogenated alkanes) is 3. The van der Waals surface area contributed by atoms with E-state index in [1.165, 1.54) is 12.8 Å². The van der Waals surface area contributed by atoms with Crippen LogP contribution in [0.1, 0.15) is 51.9 Å². The molecular formula is C16H32O5. The summed E-state index contributed by atoms with van der Waals surface area (Å²) in [5.74, 6) is 0. The zero-order valence-corrected chi connectivity index (χ0v) is 13.3. The molecule has 0 aromatic rings. The van der Waals surface area contributed by atoms with Gasteiger partial charge in [0.25, 0.3) is 0 Å².